The first-order valence-corrected chi connectivity index (χ1v) is 7.90. The summed E-state index contributed by atoms with van der Waals surface area (Å²) in [7, 11) is 0. The molecule has 0 spiro atoms. The van der Waals surface area contributed by atoms with Crippen molar-refractivity contribution < 1.29 is 14.3 Å². The molecule has 3 N–H and O–H groups in total. The molecule has 0 aliphatic rings. The third-order valence-electron chi connectivity index (χ3n) is 3.10. The number of benzene rings is 1. The van der Waals surface area contributed by atoms with E-state index in [4.69, 9.17) is 4.74 Å². The number of aromatic nitrogens is 3. The van der Waals surface area contributed by atoms with Gasteiger partial charge in [0.1, 0.15) is 5.69 Å². The molecule has 0 radical (unpaired) electrons. The number of thiazole rings is 1. The van der Waals surface area contributed by atoms with Crippen LogP contribution in [0.2, 0.25) is 0 Å². The molecule has 0 bridgehead atoms. The molecule has 0 atom stereocenters. The number of H-pyrrole nitrogens is 2. The molecule has 2 heterocycles. The summed E-state index contributed by atoms with van der Waals surface area (Å²) in [5, 5.41) is 2.91. The van der Waals surface area contributed by atoms with Crippen molar-refractivity contribution in [2.24, 2.45) is 0 Å². The third-order valence-corrected chi connectivity index (χ3v) is 4.04. The number of aromatic amines is 2. The number of fused-ring (bicyclic) bond motifs is 1. The first kappa shape index (κ1) is 16.6. The summed E-state index contributed by atoms with van der Waals surface area (Å²) in [5.41, 5.74) is -0.0885. The molecule has 2 aromatic heterocycles. The van der Waals surface area contributed by atoms with E-state index >= 15 is 0 Å². The summed E-state index contributed by atoms with van der Waals surface area (Å²) in [4.78, 5) is 54.1. The molecule has 1 amide bonds. The van der Waals surface area contributed by atoms with E-state index < -0.39 is 29.7 Å². The van der Waals surface area contributed by atoms with Crippen molar-refractivity contribution in [1.82, 2.24) is 15.0 Å². The first-order chi connectivity index (χ1) is 11.9. The highest BCUT2D eigenvalue weighted by molar-refractivity contribution is 7.22. The fourth-order valence-corrected chi connectivity index (χ4v) is 3.01. The molecule has 10 heteroatoms. The second kappa shape index (κ2) is 6.69. The maximum Gasteiger partial charge on any atom is 0.355 e. The molecule has 0 aliphatic carbocycles. The Morgan fingerprint density at radius 1 is 1.24 bits per heavy atom. The highest BCUT2D eigenvalue weighted by Crippen LogP contribution is 2.26. The Labute approximate surface area is 143 Å². The van der Waals surface area contributed by atoms with Gasteiger partial charge in [0.2, 0.25) is 0 Å². The fourth-order valence-electron chi connectivity index (χ4n) is 2.03. The number of nitrogens with zero attached hydrogens (tertiary/aromatic N) is 1. The van der Waals surface area contributed by atoms with E-state index in [1.165, 1.54) is 11.3 Å². The number of nitrogens with one attached hydrogen (secondary N) is 3. The SMILES string of the molecule is Cc1ccc2nc(NC(=O)COC(=O)c3cc(=O)[nH]c(=O)[nH]3)sc2c1. The van der Waals surface area contributed by atoms with Crippen LogP contribution in [0, 0.1) is 6.92 Å². The minimum Gasteiger partial charge on any atom is -0.451 e. The Morgan fingerprint density at radius 3 is 2.80 bits per heavy atom. The van der Waals surface area contributed by atoms with E-state index in [1.54, 1.807) is 0 Å². The average molecular weight is 360 g/mol. The van der Waals surface area contributed by atoms with Crippen LogP contribution in [0.4, 0.5) is 5.13 Å². The van der Waals surface area contributed by atoms with Crippen LogP contribution in [-0.2, 0) is 9.53 Å². The largest absolute Gasteiger partial charge is 0.451 e. The molecular weight excluding hydrogens is 348 g/mol. The van der Waals surface area contributed by atoms with Crippen molar-refractivity contribution in [1.29, 1.82) is 0 Å². The van der Waals surface area contributed by atoms with Crippen LogP contribution in [0.5, 0.6) is 0 Å². The molecule has 0 fully saturated rings. The highest BCUT2D eigenvalue weighted by atomic mass is 32.1. The third kappa shape index (κ3) is 3.98. The van der Waals surface area contributed by atoms with Crippen molar-refractivity contribution >= 4 is 38.6 Å². The van der Waals surface area contributed by atoms with Crippen LogP contribution in [0.1, 0.15) is 16.1 Å². The second-order valence-electron chi connectivity index (χ2n) is 5.12. The van der Waals surface area contributed by atoms with E-state index in [2.05, 4.69) is 15.3 Å². The van der Waals surface area contributed by atoms with Gasteiger partial charge in [-0.2, -0.15) is 0 Å². The molecule has 3 aromatic rings. The molecule has 25 heavy (non-hydrogen) atoms. The maximum absolute atomic E-state index is 11.9. The van der Waals surface area contributed by atoms with Gasteiger partial charge in [0, 0.05) is 6.07 Å². The molecule has 128 valence electrons. The molecule has 1 aromatic carbocycles. The number of aryl methyl sites for hydroxylation is 1. The standard InChI is InChI=1S/C15H12N4O5S/c1-7-2-3-8-10(4-7)25-15(17-8)19-12(21)6-24-13(22)9-5-11(20)18-14(23)16-9/h2-5H,6H2,1H3,(H,17,19,21)(H2,16,18,20,23). The van der Waals surface area contributed by atoms with E-state index in [0.717, 1.165) is 21.8 Å². The Balaban J connectivity index is 1.62. The summed E-state index contributed by atoms with van der Waals surface area (Å²) in [6.07, 6.45) is 0. The van der Waals surface area contributed by atoms with Gasteiger partial charge in [-0.25, -0.2) is 14.6 Å². The Bertz CT molecular complexity index is 1050. The number of ether oxygens (including phenoxy) is 1. The lowest BCUT2D eigenvalue weighted by Crippen LogP contribution is -2.27. The normalized spacial score (nSPS) is 10.6. The first-order valence-electron chi connectivity index (χ1n) is 7.08. The quantitative estimate of drug-likeness (QED) is 0.589. The van der Waals surface area contributed by atoms with E-state index in [9.17, 15) is 19.2 Å². The Hall–Kier alpha value is -3.27. The lowest BCUT2D eigenvalue weighted by atomic mass is 10.2. The highest BCUT2D eigenvalue weighted by Gasteiger charge is 2.13. The molecular formula is C15H12N4O5S. The van der Waals surface area contributed by atoms with Crippen molar-refractivity contribution in [2.75, 3.05) is 11.9 Å². The van der Waals surface area contributed by atoms with Crippen molar-refractivity contribution in [2.45, 2.75) is 6.92 Å². The molecule has 0 saturated carbocycles. The lowest BCUT2D eigenvalue weighted by molar-refractivity contribution is -0.119. The molecule has 0 aliphatic heterocycles. The van der Waals surface area contributed by atoms with E-state index in [-0.39, 0.29) is 5.69 Å². The number of amides is 1. The zero-order chi connectivity index (χ0) is 18.0. The minimum absolute atomic E-state index is 0.336. The van der Waals surface area contributed by atoms with Gasteiger partial charge in [0.05, 0.1) is 10.2 Å². The maximum atomic E-state index is 11.9. The number of carbonyl (C=O) groups is 2. The molecule has 3 rings (SSSR count). The minimum atomic E-state index is -0.988. The second-order valence-corrected chi connectivity index (χ2v) is 6.15. The van der Waals surface area contributed by atoms with Crippen LogP contribution in [-0.4, -0.2) is 33.4 Å². The van der Waals surface area contributed by atoms with Crippen molar-refractivity contribution in [3.05, 3.63) is 56.4 Å². The number of anilines is 1. The van der Waals surface area contributed by atoms with Gasteiger partial charge >= 0.3 is 11.7 Å². The fraction of sp³-hybridized carbons (Fsp3) is 0.133. The predicted molar refractivity (Wildman–Crippen MR) is 91.0 cm³/mol. The molecule has 0 saturated heterocycles. The van der Waals surface area contributed by atoms with Crippen LogP contribution in [0.25, 0.3) is 10.2 Å². The summed E-state index contributed by atoms with van der Waals surface area (Å²) in [6, 6.07) is 6.58. The van der Waals surface area contributed by atoms with Crippen LogP contribution < -0.4 is 16.6 Å². The van der Waals surface area contributed by atoms with E-state index in [1.807, 2.05) is 30.1 Å². The van der Waals surface area contributed by atoms with Gasteiger partial charge in [0.15, 0.2) is 11.7 Å². The Morgan fingerprint density at radius 2 is 2.04 bits per heavy atom. The monoisotopic (exact) mass is 360 g/mol. The van der Waals surface area contributed by atoms with Gasteiger partial charge < -0.3 is 9.72 Å². The van der Waals surface area contributed by atoms with Crippen molar-refractivity contribution in [3.8, 4) is 0 Å². The van der Waals surface area contributed by atoms with Crippen LogP contribution >= 0.6 is 11.3 Å². The summed E-state index contributed by atoms with van der Waals surface area (Å²) in [6.45, 7) is 1.37. The lowest BCUT2D eigenvalue weighted by Gasteiger charge is -2.04. The number of esters is 1. The smallest absolute Gasteiger partial charge is 0.355 e. The number of hydrogen-bond donors (Lipinski definition) is 3. The predicted octanol–water partition coefficient (Wildman–Crippen LogP) is 0.777. The Kier molecular flexibility index (Phi) is 4.44. The summed E-state index contributed by atoms with van der Waals surface area (Å²) in [5.74, 6) is -1.57. The number of carbonyl (C=O) groups excluding carboxylic acids is 2. The van der Waals surface area contributed by atoms with E-state index in [0.29, 0.717) is 5.13 Å². The van der Waals surface area contributed by atoms with Gasteiger partial charge in [-0.3, -0.25) is 19.9 Å². The van der Waals surface area contributed by atoms with Gasteiger partial charge in [-0.1, -0.05) is 17.4 Å². The summed E-state index contributed by atoms with van der Waals surface area (Å²) < 4.78 is 5.69. The average Bonchev–Trinajstić information content (AvgIpc) is 2.92. The number of hydrogen-bond acceptors (Lipinski definition) is 7. The van der Waals surface area contributed by atoms with Crippen LogP contribution in [0.15, 0.2) is 33.9 Å². The zero-order valence-corrected chi connectivity index (χ0v) is 13.7. The number of rotatable bonds is 4. The molecule has 9 nitrogen and oxygen atoms in total. The summed E-state index contributed by atoms with van der Waals surface area (Å²) >= 11 is 1.30. The van der Waals surface area contributed by atoms with Gasteiger partial charge in [-0.15, -0.1) is 0 Å². The topological polar surface area (TPSA) is 134 Å². The molecule has 0 unspecified atom stereocenters. The zero-order valence-electron chi connectivity index (χ0n) is 12.9. The van der Waals surface area contributed by atoms with Crippen molar-refractivity contribution in [3.63, 3.8) is 0 Å². The van der Waals surface area contributed by atoms with Crippen LogP contribution in [0.3, 0.4) is 0 Å². The van der Waals surface area contributed by atoms with Gasteiger partial charge in [0.25, 0.3) is 11.5 Å². The van der Waals surface area contributed by atoms with Gasteiger partial charge in [-0.05, 0) is 24.6 Å².